The van der Waals surface area contributed by atoms with Crippen LogP contribution in [0.4, 0.5) is 0 Å². The van der Waals surface area contributed by atoms with Crippen LogP contribution in [0.3, 0.4) is 0 Å². The largest absolute Gasteiger partial charge is 0.295 e. The van der Waals surface area contributed by atoms with E-state index in [0.29, 0.717) is 10.9 Å². The van der Waals surface area contributed by atoms with Gasteiger partial charge in [-0.15, -0.1) is 11.6 Å². The summed E-state index contributed by atoms with van der Waals surface area (Å²) in [4.78, 5) is 4.59. The molecule has 0 bridgehead atoms. The molecule has 1 heterocycles. The molecule has 3 rings (SSSR count). The molecule has 0 aliphatic carbocycles. The number of para-hydroxylation sites is 1. The zero-order valence-corrected chi connectivity index (χ0v) is 12.6. The average Bonchev–Trinajstić information content (AvgIpc) is 2.84. The summed E-state index contributed by atoms with van der Waals surface area (Å²) in [6, 6.07) is 14.1. The molecule has 102 valence electrons. The number of nitrogens with zero attached hydrogens (tertiary/aromatic N) is 2. The van der Waals surface area contributed by atoms with Gasteiger partial charge in [-0.2, -0.15) is 0 Å². The molecule has 0 amide bonds. The standard InChI is InChI=1S/C16H14Cl2N2/c1-2-11-5-3-4-6-14(11)20-15-8-7-12(18)9-13(15)19-16(20)10-17/h3-9H,2,10H2,1H3. The second-order valence-corrected chi connectivity index (χ2v) is 5.32. The van der Waals surface area contributed by atoms with E-state index in [-0.39, 0.29) is 0 Å². The summed E-state index contributed by atoms with van der Waals surface area (Å²) in [5.41, 5.74) is 4.31. The Kier molecular flexibility index (Phi) is 3.68. The van der Waals surface area contributed by atoms with Crippen LogP contribution in [0.1, 0.15) is 18.3 Å². The third kappa shape index (κ3) is 2.19. The van der Waals surface area contributed by atoms with Gasteiger partial charge in [0, 0.05) is 5.02 Å². The molecule has 0 radical (unpaired) electrons. The molecule has 0 unspecified atom stereocenters. The fourth-order valence-corrected chi connectivity index (χ4v) is 2.84. The van der Waals surface area contributed by atoms with Gasteiger partial charge in [0.1, 0.15) is 5.82 Å². The molecule has 4 heteroatoms. The van der Waals surface area contributed by atoms with E-state index in [4.69, 9.17) is 23.2 Å². The predicted molar refractivity (Wildman–Crippen MR) is 85.0 cm³/mol. The van der Waals surface area contributed by atoms with Crippen LogP contribution in [0.25, 0.3) is 16.7 Å². The molecule has 2 nitrogen and oxygen atoms in total. The number of alkyl halides is 1. The molecule has 3 aromatic rings. The Morgan fingerprint density at radius 2 is 1.95 bits per heavy atom. The fraction of sp³-hybridized carbons (Fsp3) is 0.188. The Labute approximate surface area is 128 Å². The highest BCUT2D eigenvalue weighted by atomic mass is 35.5. The predicted octanol–water partition coefficient (Wildman–Crippen LogP) is 4.98. The van der Waals surface area contributed by atoms with Crippen molar-refractivity contribution in [2.75, 3.05) is 0 Å². The van der Waals surface area contributed by atoms with Crippen molar-refractivity contribution in [1.82, 2.24) is 9.55 Å². The first-order valence-electron chi connectivity index (χ1n) is 6.55. The lowest BCUT2D eigenvalue weighted by Crippen LogP contribution is -2.02. The summed E-state index contributed by atoms with van der Waals surface area (Å²) < 4.78 is 2.12. The minimum Gasteiger partial charge on any atom is -0.295 e. The number of rotatable bonds is 3. The quantitative estimate of drug-likeness (QED) is 0.624. The molecular weight excluding hydrogens is 291 g/mol. The third-order valence-corrected chi connectivity index (χ3v) is 3.89. The van der Waals surface area contributed by atoms with Crippen LogP contribution in [-0.4, -0.2) is 9.55 Å². The maximum Gasteiger partial charge on any atom is 0.129 e. The van der Waals surface area contributed by atoms with Crippen molar-refractivity contribution >= 4 is 34.2 Å². The molecule has 1 aromatic heterocycles. The van der Waals surface area contributed by atoms with E-state index in [0.717, 1.165) is 29.0 Å². The second kappa shape index (κ2) is 5.47. The molecule has 0 spiro atoms. The number of benzene rings is 2. The van der Waals surface area contributed by atoms with Gasteiger partial charge in [-0.25, -0.2) is 4.98 Å². The smallest absolute Gasteiger partial charge is 0.129 e. The number of hydrogen-bond acceptors (Lipinski definition) is 1. The Morgan fingerprint density at radius 1 is 1.15 bits per heavy atom. The molecule has 0 fully saturated rings. The lowest BCUT2D eigenvalue weighted by Gasteiger charge is -2.12. The van der Waals surface area contributed by atoms with Gasteiger partial charge in [-0.05, 0) is 36.2 Å². The molecule has 0 atom stereocenters. The molecular formula is C16H14Cl2N2. The Bertz CT molecular complexity index is 762. The van der Waals surface area contributed by atoms with Crippen LogP contribution in [0, 0.1) is 0 Å². The summed E-state index contributed by atoms with van der Waals surface area (Å²) in [7, 11) is 0. The molecule has 2 aromatic carbocycles. The van der Waals surface area contributed by atoms with E-state index in [1.165, 1.54) is 5.56 Å². The van der Waals surface area contributed by atoms with Gasteiger partial charge in [-0.3, -0.25) is 4.57 Å². The van der Waals surface area contributed by atoms with E-state index in [9.17, 15) is 0 Å². The van der Waals surface area contributed by atoms with E-state index in [2.05, 4.69) is 34.7 Å². The Morgan fingerprint density at radius 3 is 2.70 bits per heavy atom. The van der Waals surface area contributed by atoms with Gasteiger partial charge < -0.3 is 0 Å². The first-order valence-corrected chi connectivity index (χ1v) is 7.47. The monoisotopic (exact) mass is 304 g/mol. The van der Waals surface area contributed by atoms with Gasteiger partial charge in [0.2, 0.25) is 0 Å². The first kappa shape index (κ1) is 13.5. The number of halogens is 2. The second-order valence-electron chi connectivity index (χ2n) is 4.61. The lowest BCUT2D eigenvalue weighted by atomic mass is 10.1. The van der Waals surface area contributed by atoms with E-state index in [1.807, 2.05) is 24.3 Å². The molecule has 0 aliphatic rings. The first-order chi connectivity index (χ1) is 9.74. The van der Waals surface area contributed by atoms with Crippen LogP contribution in [0.2, 0.25) is 5.02 Å². The van der Waals surface area contributed by atoms with Crippen molar-refractivity contribution < 1.29 is 0 Å². The van der Waals surface area contributed by atoms with Crippen molar-refractivity contribution in [2.45, 2.75) is 19.2 Å². The number of hydrogen-bond donors (Lipinski definition) is 0. The highest BCUT2D eigenvalue weighted by molar-refractivity contribution is 6.31. The van der Waals surface area contributed by atoms with Crippen LogP contribution < -0.4 is 0 Å². The SMILES string of the molecule is CCc1ccccc1-n1c(CCl)nc2cc(Cl)ccc21. The van der Waals surface area contributed by atoms with Crippen molar-refractivity contribution in [3.63, 3.8) is 0 Å². The number of aromatic nitrogens is 2. The van der Waals surface area contributed by atoms with Crippen molar-refractivity contribution in [2.24, 2.45) is 0 Å². The van der Waals surface area contributed by atoms with E-state index in [1.54, 1.807) is 0 Å². The normalized spacial score (nSPS) is 11.2. The van der Waals surface area contributed by atoms with Crippen LogP contribution in [0.15, 0.2) is 42.5 Å². The maximum atomic E-state index is 6.07. The highest BCUT2D eigenvalue weighted by Gasteiger charge is 2.13. The zero-order valence-electron chi connectivity index (χ0n) is 11.1. The highest BCUT2D eigenvalue weighted by Crippen LogP contribution is 2.27. The average molecular weight is 305 g/mol. The van der Waals surface area contributed by atoms with E-state index >= 15 is 0 Å². The molecule has 20 heavy (non-hydrogen) atoms. The Hall–Kier alpha value is -1.51. The van der Waals surface area contributed by atoms with Crippen LogP contribution in [-0.2, 0) is 12.3 Å². The summed E-state index contributed by atoms with van der Waals surface area (Å²) in [5.74, 6) is 1.20. The van der Waals surface area contributed by atoms with Gasteiger partial charge in [0.25, 0.3) is 0 Å². The zero-order chi connectivity index (χ0) is 14.1. The molecule has 0 N–H and O–H groups in total. The Balaban J connectivity index is 2.34. The minimum atomic E-state index is 0.365. The van der Waals surface area contributed by atoms with Crippen molar-refractivity contribution in [3.05, 3.63) is 58.9 Å². The van der Waals surface area contributed by atoms with Gasteiger partial charge >= 0.3 is 0 Å². The van der Waals surface area contributed by atoms with Crippen LogP contribution >= 0.6 is 23.2 Å². The summed E-state index contributed by atoms with van der Waals surface area (Å²) >= 11 is 12.1. The molecule has 0 aliphatic heterocycles. The van der Waals surface area contributed by atoms with Crippen molar-refractivity contribution in [3.8, 4) is 5.69 Å². The number of aryl methyl sites for hydroxylation is 1. The molecule has 0 saturated carbocycles. The summed E-state index contributed by atoms with van der Waals surface area (Å²) in [6.45, 7) is 2.15. The summed E-state index contributed by atoms with van der Waals surface area (Å²) in [6.07, 6.45) is 0.963. The molecule has 0 saturated heterocycles. The van der Waals surface area contributed by atoms with Crippen LogP contribution in [0.5, 0.6) is 0 Å². The van der Waals surface area contributed by atoms with Gasteiger partial charge in [-0.1, -0.05) is 36.7 Å². The topological polar surface area (TPSA) is 17.8 Å². The lowest BCUT2D eigenvalue weighted by molar-refractivity contribution is 0.955. The van der Waals surface area contributed by atoms with Crippen molar-refractivity contribution in [1.29, 1.82) is 0 Å². The van der Waals surface area contributed by atoms with Gasteiger partial charge in [0.15, 0.2) is 0 Å². The third-order valence-electron chi connectivity index (χ3n) is 3.42. The maximum absolute atomic E-state index is 6.07. The summed E-state index contributed by atoms with van der Waals surface area (Å²) in [5, 5.41) is 0.687. The number of fused-ring (bicyclic) bond motifs is 1. The fourth-order valence-electron chi connectivity index (χ4n) is 2.49. The minimum absolute atomic E-state index is 0.365. The van der Waals surface area contributed by atoms with E-state index < -0.39 is 0 Å². The number of imidazole rings is 1. The van der Waals surface area contributed by atoms with Gasteiger partial charge in [0.05, 0.1) is 22.6 Å².